The zero-order valence-electron chi connectivity index (χ0n) is 37.0. The molecular formula is C49H89NO8. The molecule has 9 nitrogen and oxygen atoms in total. The number of hydrogen-bond donors (Lipinski definition) is 6. The summed E-state index contributed by atoms with van der Waals surface area (Å²) >= 11 is 0. The van der Waals surface area contributed by atoms with E-state index < -0.39 is 49.5 Å². The molecule has 0 saturated carbocycles. The van der Waals surface area contributed by atoms with Crippen LogP contribution in [-0.2, 0) is 14.3 Å². The van der Waals surface area contributed by atoms with Crippen molar-refractivity contribution in [3.05, 3.63) is 48.6 Å². The first-order valence-electron chi connectivity index (χ1n) is 23.9. The maximum Gasteiger partial charge on any atom is 0.220 e. The number of carbonyl (C=O) groups is 1. The molecule has 1 rings (SSSR count). The fourth-order valence-corrected chi connectivity index (χ4v) is 7.26. The largest absolute Gasteiger partial charge is 0.394 e. The Morgan fingerprint density at radius 3 is 1.57 bits per heavy atom. The van der Waals surface area contributed by atoms with Crippen LogP contribution in [0.4, 0.5) is 0 Å². The number of nitrogens with one attached hydrogen (secondary N) is 1. The van der Waals surface area contributed by atoms with Gasteiger partial charge in [-0.15, -0.1) is 0 Å². The Morgan fingerprint density at radius 2 is 1.03 bits per heavy atom. The Morgan fingerprint density at radius 1 is 0.586 bits per heavy atom. The molecule has 1 aliphatic rings. The number of unbranched alkanes of at least 4 members (excludes halogenated alkanes) is 23. The summed E-state index contributed by atoms with van der Waals surface area (Å²) in [6.07, 6.45) is 43.2. The average Bonchev–Trinajstić information content (AvgIpc) is 3.22. The van der Waals surface area contributed by atoms with E-state index in [1.165, 1.54) is 135 Å². The highest BCUT2D eigenvalue weighted by Crippen LogP contribution is 2.22. The van der Waals surface area contributed by atoms with Crippen LogP contribution in [0.3, 0.4) is 0 Å². The predicted octanol–water partition coefficient (Wildman–Crippen LogP) is 10.2. The Labute approximate surface area is 354 Å². The molecule has 338 valence electrons. The Balaban J connectivity index is 2.25. The Bertz CT molecular complexity index is 1050. The van der Waals surface area contributed by atoms with Crippen molar-refractivity contribution in [2.75, 3.05) is 13.2 Å². The number of amides is 1. The van der Waals surface area contributed by atoms with Crippen LogP contribution in [0.1, 0.15) is 200 Å². The number of aliphatic hydroxyl groups is 5. The van der Waals surface area contributed by atoms with Gasteiger partial charge in [-0.25, -0.2) is 0 Å². The normalized spacial score (nSPS) is 21.3. The van der Waals surface area contributed by atoms with Gasteiger partial charge in [0.15, 0.2) is 6.29 Å². The van der Waals surface area contributed by atoms with E-state index in [1.54, 1.807) is 6.08 Å². The smallest absolute Gasteiger partial charge is 0.220 e. The maximum atomic E-state index is 12.9. The highest BCUT2D eigenvalue weighted by atomic mass is 16.7. The zero-order valence-corrected chi connectivity index (χ0v) is 37.0. The third kappa shape index (κ3) is 29.4. The van der Waals surface area contributed by atoms with Crippen LogP contribution in [-0.4, -0.2) is 87.5 Å². The molecule has 9 heteroatoms. The van der Waals surface area contributed by atoms with Gasteiger partial charge >= 0.3 is 0 Å². The van der Waals surface area contributed by atoms with Crippen molar-refractivity contribution in [3.63, 3.8) is 0 Å². The first kappa shape index (κ1) is 54.2. The van der Waals surface area contributed by atoms with E-state index in [1.807, 2.05) is 6.08 Å². The molecule has 0 radical (unpaired) electrons. The number of aliphatic hydroxyl groups excluding tert-OH is 5. The van der Waals surface area contributed by atoms with Gasteiger partial charge in [0.25, 0.3) is 0 Å². The summed E-state index contributed by atoms with van der Waals surface area (Å²) in [7, 11) is 0. The fourth-order valence-electron chi connectivity index (χ4n) is 7.26. The lowest BCUT2D eigenvalue weighted by molar-refractivity contribution is -0.302. The SMILES string of the molecule is CCCCCC/C=C/CC/C=C/C(O)C(COC1OC(CO)C(O)C(O)C1O)NC(=O)CCCCCCCCCCC/C=C\C/C=C\CCCCCCCCCCC. The lowest BCUT2D eigenvalue weighted by atomic mass is 9.99. The number of allylic oxidation sites excluding steroid dienone is 7. The summed E-state index contributed by atoms with van der Waals surface area (Å²) in [6, 6.07) is -0.822. The summed E-state index contributed by atoms with van der Waals surface area (Å²) in [5.74, 6) is -0.194. The van der Waals surface area contributed by atoms with Crippen molar-refractivity contribution in [1.29, 1.82) is 0 Å². The van der Waals surface area contributed by atoms with Crippen LogP contribution in [0, 0.1) is 0 Å². The molecule has 1 heterocycles. The summed E-state index contributed by atoms with van der Waals surface area (Å²) < 4.78 is 11.2. The minimum absolute atomic E-state index is 0.194. The highest BCUT2D eigenvalue weighted by molar-refractivity contribution is 5.76. The van der Waals surface area contributed by atoms with Crippen LogP contribution >= 0.6 is 0 Å². The lowest BCUT2D eigenvalue weighted by Crippen LogP contribution is -2.60. The molecule has 1 amide bonds. The third-order valence-electron chi connectivity index (χ3n) is 11.1. The van der Waals surface area contributed by atoms with E-state index in [0.717, 1.165) is 44.9 Å². The van der Waals surface area contributed by atoms with E-state index in [0.29, 0.717) is 6.42 Å². The van der Waals surface area contributed by atoms with Gasteiger partial charge < -0.3 is 40.3 Å². The van der Waals surface area contributed by atoms with Crippen LogP contribution in [0.2, 0.25) is 0 Å². The van der Waals surface area contributed by atoms with Gasteiger partial charge in [-0.2, -0.15) is 0 Å². The Hall–Kier alpha value is -1.85. The molecular weight excluding hydrogens is 731 g/mol. The van der Waals surface area contributed by atoms with Crippen molar-refractivity contribution in [3.8, 4) is 0 Å². The molecule has 7 unspecified atom stereocenters. The van der Waals surface area contributed by atoms with Crippen LogP contribution in [0.5, 0.6) is 0 Å². The molecule has 1 saturated heterocycles. The number of hydrogen-bond acceptors (Lipinski definition) is 8. The molecule has 0 aromatic heterocycles. The van der Waals surface area contributed by atoms with Crippen LogP contribution < -0.4 is 5.32 Å². The minimum atomic E-state index is -1.57. The Kier molecular flexibility index (Phi) is 36.7. The minimum Gasteiger partial charge on any atom is -0.394 e. The standard InChI is InChI=1S/C49H89NO8/c1-3-5-7-9-11-13-15-16-17-18-19-20-21-22-23-24-25-26-27-28-29-31-33-35-37-39-45(53)50-42(41-57-49-48(56)47(55)46(54)44(40-51)58-49)43(52)38-36-34-32-30-14-12-10-8-6-4-2/h14,19-20,22-23,30,36,38,42-44,46-49,51-52,54-56H,3-13,15-18,21,24-29,31-35,37,39-41H2,1-2H3,(H,50,53)/b20-19-,23-22-,30-14+,38-36+. The van der Waals surface area contributed by atoms with Gasteiger partial charge in [0.1, 0.15) is 24.4 Å². The predicted molar refractivity (Wildman–Crippen MR) is 239 cm³/mol. The first-order chi connectivity index (χ1) is 28.3. The molecule has 1 aliphatic heterocycles. The third-order valence-corrected chi connectivity index (χ3v) is 11.1. The monoisotopic (exact) mass is 820 g/mol. The number of ether oxygens (including phenoxy) is 2. The van der Waals surface area contributed by atoms with Gasteiger partial charge in [-0.05, 0) is 64.2 Å². The van der Waals surface area contributed by atoms with Gasteiger partial charge in [0.05, 0.1) is 25.4 Å². The molecule has 7 atom stereocenters. The van der Waals surface area contributed by atoms with Gasteiger partial charge in [-0.1, -0.05) is 178 Å². The van der Waals surface area contributed by atoms with E-state index in [9.17, 15) is 30.3 Å². The molecule has 0 aromatic rings. The fraction of sp³-hybridized carbons (Fsp3) is 0.816. The van der Waals surface area contributed by atoms with Gasteiger partial charge in [0, 0.05) is 6.42 Å². The van der Waals surface area contributed by atoms with Crippen molar-refractivity contribution in [1.82, 2.24) is 5.32 Å². The van der Waals surface area contributed by atoms with E-state index in [4.69, 9.17) is 9.47 Å². The van der Waals surface area contributed by atoms with E-state index >= 15 is 0 Å². The van der Waals surface area contributed by atoms with Crippen LogP contribution in [0.15, 0.2) is 48.6 Å². The molecule has 6 N–H and O–H groups in total. The quantitative estimate of drug-likeness (QED) is 0.0265. The summed E-state index contributed by atoms with van der Waals surface area (Å²) in [6.45, 7) is 3.71. The van der Waals surface area contributed by atoms with Crippen LogP contribution in [0.25, 0.3) is 0 Å². The summed E-state index contributed by atoms with van der Waals surface area (Å²) in [5.41, 5.74) is 0. The van der Waals surface area contributed by atoms with E-state index in [2.05, 4.69) is 55.6 Å². The topological polar surface area (TPSA) is 149 Å². The molecule has 0 aliphatic carbocycles. The summed E-state index contributed by atoms with van der Waals surface area (Å²) in [5, 5.41) is 54.0. The lowest BCUT2D eigenvalue weighted by Gasteiger charge is -2.40. The first-order valence-corrected chi connectivity index (χ1v) is 23.9. The van der Waals surface area contributed by atoms with Crippen molar-refractivity contribution < 1.29 is 39.8 Å². The molecule has 1 fully saturated rings. The second-order valence-corrected chi connectivity index (χ2v) is 16.5. The molecule has 0 bridgehead atoms. The number of rotatable bonds is 39. The number of carbonyl (C=O) groups excluding carboxylic acids is 1. The van der Waals surface area contributed by atoms with Gasteiger partial charge in [-0.3, -0.25) is 4.79 Å². The highest BCUT2D eigenvalue weighted by Gasteiger charge is 2.44. The molecule has 0 spiro atoms. The zero-order chi connectivity index (χ0) is 42.3. The average molecular weight is 820 g/mol. The second kappa shape index (κ2) is 39.3. The second-order valence-electron chi connectivity index (χ2n) is 16.5. The summed E-state index contributed by atoms with van der Waals surface area (Å²) in [4.78, 5) is 12.9. The van der Waals surface area contributed by atoms with Gasteiger partial charge in [0.2, 0.25) is 5.91 Å². The maximum absolute atomic E-state index is 12.9. The van der Waals surface area contributed by atoms with Crippen molar-refractivity contribution >= 4 is 5.91 Å². The van der Waals surface area contributed by atoms with E-state index in [-0.39, 0.29) is 12.5 Å². The molecule has 0 aromatic carbocycles. The molecule has 58 heavy (non-hydrogen) atoms. The van der Waals surface area contributed by atoms with Crippen molar-refractivity contribution in [2.45, 2.75) is 243 Å². The van der Waals surface area contributed by atoms with Crippen molar-refractivity contribution in [2.24, 2.45) is 0 Å².